The van der Waals surface area contributed by atoms with Gasteiger partial charge in [-0.15, -0.1) is 31.3 Å². The maximum Gasteiger partial charge on any atom is 0.337 e. The van der Waals surface area contributed by atoms with Gasteiger partial charge in [0.25, 0.3) is 0 Å². The number of rotatable bonds is 8. The van der Waals surface area contributed by atoms with Crippen molar-refractivity contribution in [1.82, 2.24) is 0 Å². The van der Waals surface area contributed by atoms with Crippen molar-refractivity contribution < 1.29 is 13.6 Å². The van der Waals surface area contributed by atoms with Gasteiger partial charge in [-0.25, -0.2) is 0 Å². The lowest BCUT2D eigenvalue weighted by Gasteiger charge is -2.21. The quantitative estimate of drug-likeness (QED) is 0.283. The van der Waals surface area contributed by atoms with Crippen LogP contribution in [0.4, 0.5) is 0 Å². The maximum atomic E-state index is 12.2. The molecule has 1 unspecified atom stereocenters. The molecule has 0 radical (unpaired) electrons. The minimum atomic E-state index is -3.18. The number of hydrogen-bond donors (Lipinski definition) is 0. The average molecular weight is 240 g/mol. The Labute approximate surface area is 97.8 Å². The normalized spacial score (nSPS) is 12.4. The smallest absolute Gasteiger partial charge is 0.307 e. The molecule has 4 heteroatoms. The SMILES string of the molecule is C#CCCOP(=O)(OCCC#C)C(C)C=C. The van der Waals surface area contributed by atoms with Gasteiger partial charge in [0.1, 0.15) is 0 Å². The predicted molar refractivity (Wildman–Crippen MR) is 66.1 cm³/mol. The van der Waals surface area contributed by atoms with Crippen LogP contribution in [0, 0.1) is 24.7 Å². The molecule has 0 aliphatic rings. The van der Waals surface area contributed by atoms with Gasteiger partial charge in [0.15, 0.2) is 0 Å². The van der Waals surface area contributed by atoms with Crippen LogP contribution in [0.1, 0.15) is 19.8 Å². The van der Waals surface area contributed by atoms with E-state index >= 15 is 0 Å². The zero-order valence-electron chi connectivity index (χ0n) is 9.52. The van der Waals surface area contributed by atoms with E-state index < -0.39 is 7.60 Å². The van der Waals surface area contributed by atoms with E-state index in [-0.39, 0.29) is 18.9 Å². The number of terminal acetylenes is 2. The second-order valence-electron chi connectivity index (χ2n) is 3.09. The molecule has 0 saturated carbocycles. The van der Waals surface area contributed by atoms with E-state index in [9.17, 15) is 4.57 Å². The third-order valence-electron chi connectivity index (χ3n) is 1.88. The molecular formula is C12H17O3P. The van der Waals surface area contributed by atoms with E-state index in [4.69, 9.17) is 21.9 Å². The van der Waals surface area contributed by atoms with Crippen molar-refractivity contribution in [2.75, 3.05) is 13.2 Å². The third kappa shape index (κ3) is 5.19. The second kappa shape index (κ2) is 8.20. The fraction of sp³-hybridized carbons (Fsp3) is 0.500. The van der Waals surface area contributed by atoms with E-state index in [0.29, 0.717) is 12.8 Å². The summed E-state index contributed by atoms with van der Waals surface area (Å²) in [6.07, 6.45) is 12.5. The van der Waals surface area contributed by atoms with Gasteiger partial charge in [-0.2, -0.15) is 0 Å². The Morgan fingerprint density at radius 3 is 2.06 bits per heavy atom. The van der Waals surface area contributed by atoms with Gasteiger partial charge in [-0.05, 0) is 6.92 Å². The first-order valence-corrected chi connectivity index (χ1v) is 6.60. The van der Waals surface area contributed by atoms with Gasteiger partial charge in [-0.1, -0.05) is 6.08 Å². The second-order valence-corrected chi connectivity index (χ2v) is 5.50. The summed E-state index contributed by atoms with van der Waals surface area (Å²) in [5.74, 6) is 4.81. The van der Waals surface area contributed by atoms with Crippen LogP contribution in [0.2, 0.25) is 0 Å². The Kier molecular flexibility index (Phi) is 7.69. The highest BCUT2D eigenvalue weighted by Crippen LogP contribution is 2.53. The Morgan fingerprint density at radius 1 is 1.31 bits per heavy atom. The summed E-state index contributed by atoms with van der Waals surface area (Å²) < 4.78 is 22.7. The fourth-order valence-electron chi connectivity index (χ4n) is 0.865. The van der Waals surface area contributed by atoms with Crippen LogP contribution in [-0.2, 0) is 13.6 Å². The van der Waals surface area contributed by atoms with Gasteiger partial charge in [0.05, 0.1) is 18.9 Å². The first-order valence-electron chi connectivity index (χ1n) is 4.99. The van der Waals surface area contributed by atoms with E-state index in [2.05, 4.69) is 18.4 Å². The Bertz CT molecular complexity index is 311. The highest BCUT2D eigenvalue weighted by molar-refractivity contribution is 7.54. The lowest BCUT2D eigenvalue weighted by atomic mass is 10.5. The molecule has 0 amide bonds. The molecule has 0 spiro atoms. The lowest BCUT2D eigenvalue weighted by Crippen LogP contribution is -2.08. The molecule has 0 aromatic rings. The molecule has 1 atom stereocenters. The third-order valence-corrected chi connectivity index (χ3v) is 4.17. The molecule has 0 saturated heterocycles. The van der Waals surface area contributed by atoms with Crippen LogP contribution in [0.5, 0.6) is 0 Å². The summed E-state index contributed by atoms with van der Waals surface area (Å²) >= 11 is 0. The Balaban J connectivity index is 4.38. The molecule has 0 rings (SSSR count). The van der Waals surface area contributed by atoms with Crippen LogP contribution < -0.4 is 0 Å². The zero-order valence-corrected chi connectivity index (χ0v) is 10.4. The van der Waals surface area contributed by atoms with E-state index in [1.165, 1.54) is 6.08 Å². The molecule has 88 valence electrons. The molecule has 0 aliphatic heterocycles. The predicted octanol–water partition coefficient (Wildman–Crippen LogP) is 2.83. The largest absolute Gasteiger partial charge is 0.337 e. The molecule has 16 heavy (non-hydrogen) atoms. The lowest BCUT2D eigenvalue weighted by molar-refractivity contribution is 0.207. The highest BCUT2D eigenvalue weighted by Gasteiger charge is 2.30. The van der Waals surface area contributed by atoms with Crippen molar-refractivity contribution in [3.8, 4) is 24.7 Å². The van der Waals surface area contributed by atoms with Gasteiger partial charge in [-0.3, -0.25) is 4.57 Å². The van der Waals surface area contributed by atoms with E-state index in [1.54, 1.807) is 6.92 Å². The molecule has 0 N–H and O–H groups in total. The zero-order chi connectivity index (χ0) is 12.4. The van der Waals surface area contributed by atoms with Crippen LogP contribution in [0.3, 0.4) is 0 Å². The first kappa shape index (κ1) is 15.0. The van der Waals surface area contributed by atoms with Crippen LogP contribution in [0.15, 0.2) is 12.7 Å². The summed E-state index contributed by atoms with van der Waals surface area (Å²) in [5, 5.41) is 0. The molecule has 0 aliphatic carbocycles. The summed E-state index contributed by atoms with van der Waals surface area (Å²) in [6, 6.07) is 0. The molecule has 0 aromatic heterocycles. The molecule has 0 heterocycles. The van der Waals surface area contributed by atoms with Crippen molar-refractivity contribution in [2.45, 2.75) is 25.4 Å². The number of allylic oxidation sites excluding steroid dienone is 1. The van der Waals surface area contributed by atoms with Gasteiger partial charge < -0.3 is 9.05 Å². The molecule has 0 fully saturated rings. The topological polar surface area (TPSA) is 35.5 Å². The molecular weight excluding hydrogens is 223 g/mol. The maximum absolute atomic E-state index is 12.2. The van der Waals surface area contributed by atoms with Crippen LogP contribution in [-0.4, -0.2) is 18.9 Å². The van der Waals surface area contributed by atoms with Crippen molar-refractivity contribution in [2.24, 2.45) is 0 Å². The van der Waals surface area contributed by atoms with Crippen molar-refractivity contribution in [3.63, 3.8) is 0 Å². The van der Waals surface area contributed by atoms with Crippen molar-refractivity contribution >= 4 is 7.60 Å². The monoisotopic (exact) mass is 240 g/mol. The van der Waals surface area contributed by atoms with Gasteiger partial charge in [0, 0.05) is 12.8 Å². The summed E-state index contributed by atoms with van der Waals surface area (Å²) in [6.45, 7) is 5.71. The van der Waals surface area contributed by atoms with Gasteiger partial charge >= 0.3 is 7.60 Å². The summed E-state index contributed by atoms with van der Waals surface area (Å²) in [5.41, 5.74) is -0.372. The Hall–Kier alpha value is -0.990. The molecule has 0 aromatic carbocycles. The standard InChI is InChI=1S/C12H17O3P/c1-5-8-10-14-16(13,12(4)7-3)15-11-9-6-2/h1-2,7,12H,3,8-11H2,4H3. The minimum absolute atomic E-state index is 0.210. The molecule has 0 bridgehead atoms. The molecule has 3 nitrogen and oxygen atoms in total. The number of hydrogen-bond acceptors (Lipinski definition) is 3. The summed E-state index contributed by atoms with van der Waals surface area (Å²) in [4.78, 5) is 0. The van der Waals surface area contributed by atoms with E-state index in [0.717, 1.165) is 0 Å². The van der Waals surface area contributed by atoms with Crippen LogP contribution in [0.25, 0.3) is 0 Å². The van der Waals surface area contributed by atoms with Crippen molar-refractivity contribution in [3.05, 3.63) is 12.7 Å². The average Bonchev–Trinajstić information content (AvgIpc) is 2.28. The van der Waals surface area contributed by atoms with Crippen molar-refractivity contribution in [1.29, 1.82) is 0 Å². The van der Waals surface area contributed by atoms with E-state index in [1.807, 2.05) is 0 Å². The van der Waals surface area contributed by atoms with Crippen LogP contribution >= 0.6 is 7.60 Å². The van der Waals surface area contributed by atoms with Gasteiger partial charge in [0.2, 0.25) is 0 Å². The fourth-order valence-corrected chi connectivity index (χ4v) is 2.36. The Morgan fingerprint density at radius 2 is 1.75 bits per heavy atom. The minimum Gasteiger partial charge on any atom is -0.307 e. The summed E-state index contributed by atoms with van der Waals surface area (Å²) in [7, 11) is -3.18. The highest BCUT2D eigenvalue weighted by atomic mass is 31.2. The first-order chi connectivity index (χ1) is 7.60.